The van der Waals surface area contributed by atoms with Crippen molar-refractivity contribution in [3.05, 3.63) is 43.2 Å². The number of nitrogens with one attached hydrogen (secondary N) is 3. The summed E-state index contributed by atoms with van der Waals surface area (Å²) in [6, 6.07) is 1.05. The number of rotatable bonds is 2. The Hall–Kier alpha value is -2.22. The third kappa shape index (κ3) is 2.55. The minimum atomic E-state index is -0.707. The van der Waals surface area contributed by atoms with Crippen molar-refractivity contribution in [2.24, 2.45) is 0 Å². The zero-order valence-corrected chi connectivity index (χ0v) is 11.3. The van der Waals surface area contributed by atoms with Crippen LogP contribution in [0.15, 0.2) is 15.7 Å². The van der Waals surface area contributed by atoms with Gasteiger partial charge in [-0.15, -0.1) is 11.3 Å². The van der Waals surface area contributed by atoms with Crippen LogP contribution in [0.25, 0.3) is 0 Å². The monoisotopic (exact) mass is 292 g/mol. The molecule has 0 saturated carbocycles. The molecule has 7 nitrogen and oxygen atoms in total. The maximum atomic E-state index is 12.0. The molecule has 0 unspecified atom stereocenters. The summed E-state index contributed by atoms with van der Waals surface area (Å²) in [5.74, 6) is -0.542. The molecule has 2 aromatic heterocycles. The lowest BCUT2D eigenvalue weighted by molar-refractivity contribution is 0.102. The summed E-state index contributed by atoms with van der Waals surface area (Å²) in [4.78, 5) is 44.1. The van der Waals surface area contributed by atoms with E-state index in [1.807, 2.05) is 4.98 Å². The predicted octanol–water partition coefficient (Wildman–Crippen LogP) is 0.651. The van der Waals surface area contributed by atoms with E-state index in [2.05, 4.69) is 15.3 Å². The second-order valence-electron chi connectivity index (χ2n) is 4.55. The summed E-state index contributed by atoms with van der Waals surface area (Å²) in [6.45, 7) is 0. The van der Waals surface area contributed by atoms with E-state index < -0.39 is 17.2 Å². The number of H-pyrrole nitrogens is 2. The fourth-order valence-corrected chi connectivity index (χ4v) is 3.21. The first-order chi connectivity index (χ1) is 9.61. The predicted molar refractivity (Wildman–Crippen MR) is 74.4 cm³/mol. The highest BCUT2D eigenvalue weighted by molar-refractivity contribution is 7.15. The van der Waals surface area contributed by atoms with E-state index in [4.69, 9.17) is 0 Å². The molecule has 2 heterocycles. The van der Waals surface area contributed by atoms with Gasteiger partial charge in [0.25, 0.3) is 11.5 Å². The Labute approximate surface area is 117 Å². The van der Waals surface area contributed by atoms with Gasteiger partial charge in [0, 0.05) is 10.9 Å². The molecule has 1 aliphatic carbocycles. The minimum Gasteiger partial charge on any atom is -0.303 e. The van der Waals surface area contributed by atoms with Crippen LogP contribution in [0.5, 0.6) is 0 Å². The number of carbonyl (C=O) groups is 1. The molecule has 0 radical (unpaired) electrons. The Balaban J connectivity index is 1.83. The molecule has 1 amide bonds. The number of hydrogen-bond acceptors (Lipinski definition) is 5. The zero-order valence-electron chi connectivity index (χ0n) is 10.5. The standard InChI is InChI=1S/C12H12N4O3S/c17-9-5-7(13-11(19)15-9)10(18)16-12-14-6-3-1-2-4-8(6)20-12/h5H,1-4H2,(H,14,16,18)(H2,13,15,17,19). The van der Waals surface area contributed by atoms with Crippen molar-refractivity contribution in [2.75, 3.05) is 5.32 Å². The Bertz CT molecular complexity index is 722. The van der Waals surface area contributed by atoms with Gasteiger partial charge in [-0.1, -0.05) is 0 Å². The van der Waals surface area contributed by atoms with E-state index in [1.165, 1.54) is 16.2 Å². The number of nitrogens with zero attached hydrogens (tertiary/aromatic N) is 1. The Morgan fingerprint density at radius 2 is 2.05 bits per heavy atom. The molecule has 2 aromatic rings. The van der Waals surface area contributed by atoms with Gasteiger partial charge in [0.1, 0.15) is 5.69 Å². The first-order valence-electron chi connectivity index (χ1n) is 6.25. The topological polar surface area (TPSA) is 108 Å². The summed E-state index contributed by atoms with van der Waals surface area (Å²) >= 11 is 1.45. The number of anilines is 1. The van der Waals surface area contributed by atoms with Crippen LogP contribution in [-0.4, -0.2) is 20.9 Å². The third-order valence-corrected chi connectivity index (χ3v) is 4.14. The third-order valence-electron chi connectivity index (χ3n) is 3.07. The smallest absolute Gasteiger partial charge is 0.303 e. The van der Waals surface area contributed by atoms with Crippen LogP contribution in [0.4, 0.5) is 5.13 Å². The van der Waals surface area contributed by atoms with Gasteiger partial charge in [-0.2, -0.15) is 0 Å². The SMILES string of the molecule is O=C(Nc1nc2c(s1)CCCC2)c1cc(=O)[nH]c(=O)[nH]1. The molecule has 8 heteroatoms. The van der Waals surface area contributed by atoms with Gasteiger partial charge < -0.3 is 4.98 Å². The number of thiazole rings is 1. The molecule has 0 aromatic carbocycles. The highest BCUT2D eigenvalue weighted by atomic mass is 32.1. The molecular formula is C12H12N4O3S. The first kappa shape index (κ1) is 12.8. The second kappa shape index (κ2) is 5.04. The number of hydrogen-bond donors (Lipinski definition) is 3. The van der Waals surface area contributed by atoms with Crippen molar-refractivity contribution < 1.29 is 4.79 Å². The molecule has 0 fully saturated rings. The van der Waals surface area contributed by atoms with E-state index in [1.54, 1.807) is 0 Å². The summed E-state index contributed by atoms with van der Waals surface area (Å²) in [5.41, 5.74) is -0.360. The van der Waals surface area contributed by atoms with Gasteiger partial charge in [0.2, 0.25) is 0 Å². The highest BCUT2D eigenvalue weighted by Gasteiger charge is 2.17. The molecular weight excluding hydrogens is 280 g/mol. The van der Waals surface area contributed by atoms with E-state index in [-0.39, 0.29) is 5.69 Å². The van der Waals surface area contributed by atoms with E-state index in [9.17, 15) is 14.4 Å². The lowest BCUT2D eigenvalue weighted by Crippen LogP contribution is -2.27. The molecule has 20 heavy (non-hydrogen) atoms. The van der Waals surface area contributed by atoms with Gasteiger partial charge in [-0.25, -0.2) is 9.78 Å². The van der Waals surface area contributed by atoms with Crippen molar-refractivity contribution in [1.82, 2.24) is 15.0 Å². The van der Waals surface area contributed by atoms with Crippen molar-refractivity contribution in [2.45, 2.75) is 25.7 Å². The number of fused-ring (bicyclic) bond motifs is 1. The van der Waals surface area contributed by atoms with Crippen molar-refractivity contribution in [3.8, 4) is 0 Å². The van der Waals surface area contributed by atoms with Crippen LogP contribution in [0.1, 0.15) is 33.9 Å². The first-order valence-corrected chi connectivity index (χ1v) is 7.07. The van der Waals surface area contributed by atoms with Crippen molar-refractivity contribution in [1.29, 1.82) is 0 Å². The van der Waals surface area contributed by atoms with E-state index >= 15 is 0 Å². The van der Waals surface area contributed by atoms with Crippen molar-refractivity contribution in [3.63, 3.8) is 0 Å². The summed E-state index contributed by atoms with van der Waals surface area (Å²) in [6.07, 6.45) is 4.18. The fraction of sp³-hybridized carbons (Fsp3) is 0.333. The average molecular weight is 292 g/mol. The van der Waals surface area contributed by atoms with E-state index in [0.717, 1.165) is 37.4 Å². The highest BCUT2D eigenvalue weighted by Crippen LogP contribution is 2.29. The Kier molecular flexibility index (Phi) is 3.23. The van der Waals surface area contributed by atoms with Crippen molar-refractivity contribution >= 4 is 22.4 Å². The quantitative estimate of drug-likeness (QED) is 0.755. The Morgan fingerprint density at radius 3 is 2.80 bits per heavy atom. The second-order valence-corrected chi connectivity index (χ2v) is 5.64. The molecule has 0 atom stereocenters. The molecule has 3 rings (SSSR count). The van der Waals surface area contributed by atoms with Crippen LogP contribution >= 0.6 is 11.3 Å². The normalized spacial score (nSPS) is 13.8. The number of aromatic amines is 2. The lowest BCUT2D eigenvalue weighted by Gasteiger charge is -2.06. The van der Waals surface area contributed by atoms with Crippen LogP contribution in [0.2, 0.25) is 0 Å². The van der Waals surface area contributed by atoms with Crippen LogP contribution < -0.4 is 16.6 Å². The van der Waals surface area contributed by atoms with Crippen LogP contribution in [0, 0.1) is 0 Å². The molecule has 0 aliphatic heterocycles. The summed E-state index contributed by atoms with van der Waals surface area (Å²) in [5, 5.41) is 3.12. The molecule has 1 aliphatic rings. The van der Waals surface area contributed by atoms with E-state index in [0.29, 0.717) is 5.13 Å². The number of amides is 1. The number of aromatic nitrogens is 3. The van der Waals surface area contributed by atoms with Gasteiger partial charge in [0.05, 0.1) is 5.69 Å². The lowest BCUT2D eigenvalue weighted by atomic mass is 10.0. The molecule has 3 N–H and O–H groups in total. The summed E-state index contributed by atoms with van der Waals surface area (Å²) < 4.78 is 0. The Morgan fingerprint density at radius 1 is 1.25 bits per heavy atom. The van der Waals surface area contributed by atoms with Crippen LogP contribution in [0.3, 0.4) is 0 Å². The van der Waals surface area contributed by atoms with Gasteiger partial charge >= 0.3 is 5.69 Å². The number of carbonyl (C=O) groups excluding carboxylic acids is 1. The van der Waals surface area contributed by atoms with Gasteiger partial charge in [-0.3, -0.25) is 19.9 Å². The largest absolute Gasteiger partial charge is 0.326 e. The minimum absolute atomic E-state index is 0.0769. The molecule has 104 valence electrons. The fourth-order valence-electron chi connectivity index (χ4n) is 2.16. The van der Waals surface area contributed by atoms with Gasteiger partial charge in [-0.05, 0) is 25.7 Å². The maximum absolute atomic E-state index is 12.0. The average Bonchev–Trinajstić information content (AvgIpc) is 2.79. The maximum Gasteiger partial charge on any atom is 0.326 e. The zero-order chi connectivity index (χ0) is 14.1. The molecule has 0 saturated heterocycles. The molecule has 0 spiro atoms. The van der Waals surface area contributed by atoms with Gasteiger partial charge in [0.15, 0.2) is 5.13 Å². The summed E-state index contributed by atoms with van der Waals surface area (Å²) in [7, 11) is 0. The van der Waals surface area contributed by atoms with Crippen LogP contribution in [-0.2, 0) is 12.8 Å². The number of aryl methyl sites for hydroxylation is 2. The molecule has 0 bridgehead atoms.